The third-order valence-corrected chi connectivity index (χ3v) is 7.90. The number of methoxy groups -OCH3 is 3. The van der Waals surface area contributed by atoms with Crippen molar-refractivity contribution in [1.29, 1.82) is 0 Å². The molecule has 38 heavy (non-hydrogen) atoms. The molecule has 1 saturated heterocycles. The van der Waals surface area contributed by atoms with Crippen LogP contribution in [0.3, 0.4) is 0 Å². The molecule has 2 aromatic carbocycles. The summed E-state index contributed by atoms with van der Waals surface area (Å²) in [6, 6.07) is 15.7. The zero-order chi connectivity index (χ0) is 26.6. The third-order valence-electron chi connectivity index (χ3n) is 6.89. The lowest BCUT2D eigenvalue weighted by Gasteiger charge is -2.26. The Labute approximate surface area is 226 Å². The van der Waals surface area contributed by atoms with Crippen LogP contribution >= 0.6 is 11.3 Å². The first-order valence-electron chi connectivity index (χ1n) is 12.7. The lowest BCUT2D eigenvalue weighted by Crippen LogP contribution is -2.37. The SMILES string of the molecule is COc1cccc(-c2nc3cc(OC)c(OC)cc3cc2CN(CC2CCCO2)C(=O)c2sccc2C)c1. The summed E-state index contributed by atoms with van der Waals surface area (Å²) in [4.78, 5) is 21.6. The van der Waals surface area contributed by atoms with E-state index in [0.717, 1.165) is 63.4 Å². The van der Waals surface area contributed by atoms with E-state index in [9.17, 15) is 4.79 Å². The topological polar surface area (TPSA) is 70.1 Å². The van der Waals surface area contributed by atoms with Crippen LogP contribution in [-0.4, -0.2) is 56.4 Å². The van der Waals surface area contributed by atoms with Crippen LogP contribution in [0, 0.1) is 6.92 Å². The summed E-state index contributed by atoms with van der Waals surface area (Å²) in [7, 11) is 4.88. The first-order chi connectivity index (χ1) is 18.5. The van der Waals surface area contributed by atoms with Gasteiger partial charge in [-0.2, -0.15) is 0 Å². The van der Waals surface area contributed by atoms with Gasteiger partial charge in [0.05, 0.1) is 43.5 Å². The van der Waals surface area contributed by atoms with Gasteiger partial charge in [-0.15, -0.1) is 11.3 Å². The van der Waals surface area contributed by atoms with Crippen molar-refractivity contribution in [1.82, 2.24) is 9.88 Å². The van der Waals surface area contributed by atoms with Crippen molar-refractivity contribution < 1.29 is 23.7 Å². The molecule has 2 aromatic heterocycles. The van der Waals surface area contributed by atoms with Crippen LogP contribution in [0.1, 0.15) is 33.6 Å². The lowest BCUT2D eigenvalue weighted by molar-refractivity contribution is 0.0510. The summed E-state index contributed by atoms with van der Waals surface area (Å²) in [5.41, 5.74) is 4.39. The first kappa shape index (κ1) is 26.0. The highest BCUT2D eigenvalue weighted by Crippen LogP contribution is 2.35. The summed E-state index contributed by atoms with van der Waals surface area (Å²) >= 11 is 1.48. The minimum absolute atomic E-state index is 0.0111. The number of pyridine rings is 1. The molecule has 1 aliphatic rings. The molecule has 0 spiro atoms. The molecule has 0 aliphatic carbocycles. The summed E-state index contributed by atoms with van der Waals surface area (Å²) in [6.45, 7) is 3.63. The van der Waals surface area contributed by atoms with Gasteiger partial charge in [0.2, 0.25) is 0 Å². The van der Waals surface area contributed by atoms with E-state index >= 15 is 0 Å². The number of aromatic nitrogens is 1. The van der Waals surface area contributed by atoms with Crippen LogP contribution in [0.4, 0.5) is 0 Å². The van der Waals surface area contributed by atoms with Crippen molar-refractivity contribution in [2.24, 2.45) is 0 Å². The number of fused-ring (bicyclic) bond motifs is 1. The Kier molecular flexibility index (Phi) is 7.81. The molecular weight excluding hydrogens is 500 g/mol. The Hall–Kier alpha value is -3.62. The van der Waals surface area contributed by atoms with Crippen LogP contribution in [0.2, 0.25) is 0 Å². The van der Waals surface area contributed by atoms with E-state index in [1.807, 2.05) is 59.7 Å². The number of aryl methyl sites for hydroxylation is 1. The maximum atomic E-state index is 13.8. The fraction of sp³-hybridized carbons (Fsp3) is 0.333. The average Bonchev–Trinajstić information content (AvgIpc) is 3.62. The minimum atomic E-state index is 0.0111. The molecule has 8 heteroatoms. The molecule has 0 N–H and O–H groups in total. The zero-order valence-corrected chi connectivity index (χ0v) is 23.0. The number of carbonyl (C=O) groups is 1. The van der Waals surface area contributed by atoms with Crippen LogP contribution in [0.15, 0.2) is 53.9 Å². The van der Waals surface area contributed by atoms with Crippen molar-refractivity contribution in [2.75, 3.05) is 34.5 Å². The molecule has 198 valence electrons. The van der Waals surface area contributed by atoms with Gasteiger partial charge in [0, 0.05) is 36.7 Å². The maximum absolute atomic E-state index is 13.8. The lowest BCUT2D eigenvalue weighted by atomic mass is 10.0. The average molecular weight is 533 g/mol. The predicted molar refractivity (Wildman–Crippen MR) is 150 cm³/mol. The van der Waals surface area contributed by atoms with Crippen LogP contribution in [0.25, 0.3) is 22.2 Å². The first-order valence-corrected chi connectivity index (χ1v) is 13.5. The molecule has 4 aromatic rings. The Morgan fingerprint density at radius 1 is 1.08 bits per heavy atom. The predicted octanol–water partition coefficient (Wildman–Crippen LogP) is 6.12. The van der Waals surface area contributed by atoms with Crippen molar-refractivity contribution in [3.8, 4) is 28.5 Å². The maximum Gasteiger partial charge on any atom is 0.264 e. The second-order valence-corrected chi connectivity index (χ2v) is 10.3. The minimum Gasteiger partial charge on any atom is -0.497 e. The molecule has 1 fully saturated rings. The molecule has 0 bridgehead atoms. The van der Waals surface area contributed by atoms with E-state index in [-0.39, 0.29) is 12.0 Å². The number of benzene rings is 2. The number of rotatable bonds is 9. The van der Waals surface area contributed by atoms with E-state index in [4.69, 9.17) is 23.9 Å². The highest BCUT2D eigenvalue weighted by atomic mass is 32.1. The number of thiophene rings is 1. The molecule has 0 radical (unpaired) electrons. The molecule has 3 heterocycles. The van der Waals surface area contributed by atoms with Gasteiger partial charge in [-0.25, -0.2) is 4.98 Å². The molecular formula is C30H32N2O5S. The van der Waals surface area contributed by atoms with Gasteiger partial charge in [0.1, 0.15) is 5.75 Å². The van der Waals surface area contributed by atoms with Crippen molar-refractivity contribution in [2.45, 2.75) is 32.4 Å². The number of nitrogens with zero attached hydrogens (tertiary/aromatic N) is 2. The standard InChI is InChI=1S/C30H32N2O5S/c1-19-10-12-38-29(19)30(33)32(18-24-9-6-11-37-24)17-22-13-21-15-26(35-3)27(36-4)16-25(21)31-28(22)20-7-5-8-23(14-20)34-2/h5,7-8,10,12-16,24H,6,9,11,17-18H2,1-4H3. The van der Waals surface area contributed by atoms with Gasteiger partial charge >= 0.3 is 0 Å². The number of hydrogen-bond donors (Lipinski definition) is 0. The smallest absolute Gasteiger partial charge is 0.264 e. The molecule has 0 saturated carbocycles. The van der Waals surface area contributed by atoms with Crippen LogP contribution < -0.4 is 14.2 Å². The molecule has 1 atom stereocenters. The van der Waals surface area contributed by atoms with E-state index < -0.39 is 0 Å². The molecule has 5 rings (SSSR count). The van der Waals surface area contributed by atoms with Gasteiger partial charge in [0.25, 0.3) is 5.91 Å². The highest BCUT2D eigenvalue weighted by Gasteiger charge is 2.26. The molecule has 1 amide bonds. The number of ether oxygens (including phenoxy) is 4. The fourth-order valence-corrected chi connectivity index (χ4v) is 5.77. The van der Waals surface area contributed by atoms with Crippen LogP contribution in [-0.2, 0) is 11.3 Å². The van der Waals surface area contributed by atoms with E-state index in [0.29, 0.717) is 24.6 Å². The summed E-state index contributed by atoms with van der Waals surface area (Å²) in [6.07, 6.45) is 1.99. The van der Waals surface area contributed by atoms with E-state index in [2.05, 4.69) is 6.07 Å². The van der Waals surface area contributed by atoms with Crippen LogP contribution in [0.5, 0.6) is 17.2 Å². The van der Waals surface area contributed by atoms with E-state index in [1.165, 1.54) is 11.3 Å². The van der Waals surface area contributed by atoms with Crippen molar-refractivity contribution >= 4 is 28.1 Å². The van der Waals surface area contributed by atoms with Gasteiger partial charge in [0.15, 0.2) is 11.5 Å². The second kappa shape index (κ2) is 11.4. The molecule has 7 nitrogen and oxygen atoms in total. The fourth-order valence-electron chi connectivity index (χ4n) is 4.88. The Bertz CT molecular complexity index is 1440. The molecule has 1 aliphatic heterocycles. The molecule has 1 unspecified atom stereocenters. The number of carbonyl (C=O) groups excluding carboxylic acids is 1. The van der Waals surface area contributed by atoms with E-state index in [1.54, 1.807) is 21.3 Å². The number of hydrogen-bond acceptors (Lipinski definition) is 7. The third kappa shape index (κ3) is 5.33. The normalized spacial score (nSPS) is 15.0. The van der Waals surface area contributed by atoms with Gasteiger partial charge in [-0.05, 0) is 66.6 Å². The van der Waals surface area contributed by atoms with Crippen molar-refractivity contribution in [3.63, 3.8) is 0 Å². The summed E-state index contributed by atoms with van der Waals surface area (Å²) < 4.78 is 22.5. The Morgan fingerprint density at radius 2 is 1.89 bits per heavy atom. The van der Waals surface area contributed by atoms with Gasteiger partial charge in [-0.1, -0.05) is 12.1 Å². The number of amides is 1. The largest absolute Gasteiger partial charge is 0.497 e. The van der Waals surface area contributed by atoms with Crippen molar-refractivity contribution in [3.05, 3.63) is 69.9 Å². The Balaban J connectivity index is 1.63. The second-order valence-electron chi connectivity index (χ2n) is 9.38. The quantitative estimate of drug-likeness (QED) is 0.259. The summed E-state index contributed by atoms with van der Waals surface area (Å²) in [5.74, 6) is 1.99. The monoisotopic (exact) mass is 532 g/mol. The van der Waals surface area contributed by atoms with Gasteiger partial charge in [-0.3, -0.25) is 4.79 Å². The Morgan fingerprint density at radius 3 is 2.58 bits per heavy atom. The zero-order valence-electron chi connectivity index (χ0n) is 22.2. The highest BCUT2D eigenvalue weighted by molar-refractivity contribution is 7.12. The summed E-state index contributed by atoms with van der Waals surface area (Å²) in [5, 5.41) is 2.87. The van der Waals surface area contributed by atoms with Gasteiger partial charge < -0.3 is 23.8 Å².